The number of hydrogen-bond acceptors (Lipinski definition) is 5. The van der Waals surface area contributed by atoms with E-state index in [9.17, 15) is 8.42 Å². The highest BCUT2D eigenvalue weighted by Crippen LogP contribution is 2.20. The number of anilines is 1. The zero-order chi connectivity index (χ0) is 13.9. The average molecular weight is 296 g/mol. The summed E-state index contributed by atoms with van der Waals surface area (Å²) in [6.45, 7) is 1.63. The van der Waals surface area contributed by atoms with Gasteiger partial charge >= 0.3 is 0 Å². The molecule has 0 amide bonds. The van der Waals surface area contributed by atoms with E-state index >= 15 is 0 Å². The standard InChI is InChI=1S/C12H12N2O3S2/c1-9(13-15)10-4-2-5-11(8-10)14-19(16,17)12-6-3-7-18-12/h2-8,14-15H,1H3/b13-9+. The molecule has 5 nitrogen and oxygen atoms in total. The van der Waals surface area contributed by atoms with Crippen LogP contribution in [0.2, 0.25) is 0 Å². The van der Waals surface area contributed by atoms with E-state index in [-0.39, 0.29) is 4.21 Å². The first kappa shape index (κ1) is 13.6. The van der Waals surface area contributed by atoms with Gasteiger partial charge in [0, 0.05) is 11.3 Å². The number of oxime groups is 1. The van der Waals surface area contributed by atoms with Crippen LogP contribution in [0.15, 0.2) is 51.1 Å². The molecule has 7 heteroatoms. The largest absolute Gasteiger partial charge is 0.411 e. The second kappa shape index (κ2) is 5.41. The van der Waals surface area contributed by atoms with E-state index in [0.29, 0.717) is 17.0 Å². The van der Waals surface area contributed by atoms with Gasteiger partial charge < -0.3 is 5.21 Å². The third-order valence-corrected chi connectivity index (χ3v) is 5.22. The number of hydrogen-bond donors (Lipinski definition) is 2. The monoisotopic (exact) mass is 296 g/mol. The number of thiophene rings is 1. The normalized spacial score (nSPS) is 12.4. The van der Waals surface area contributed by atoms with Crippen molar-refractivity contribution in [2.24, 2.45) is 5.16 Å². The summed E-state index contributed by atoms with van der Waals surface area (Å²) in [7, 11) is -3.55. The van der Waals surface area contributed by atoms with Gasteiger partial charge in [-0.05, 0) is 30.5 Å². The van der Waals surface area contributed by atoms with Crippen molar-refractivity contribution in [2.75, 3.05) is 4.72 Å². The summed E-state index contributed by atoms with van der Waals surface area (Å²) >= 11 is 1.15. The van der Waals surface area contributed by atoms with Crippen LogP contribution in [0.4, 0.5) is 5.69 Å². The summed E-state index contributed by atoms with van der Waals surface area (Å²) in [5.74, 6) is 0. The molecular weight excluding hydrogens is 284 g/mol. The maximum atomic E-state index is 12.0. The Morgan fingerprint density at radius 2 is 2.11 bits per heavy atom. The lowest BCUT2D eigenvalue weighted by Gasteiger charge is -2.07. The average Bonchev–Trinajstić information content (AvgIpc) is 2.92. The summed E-state index contributed by atoms with van der Waals surface area (Å²) in [5, 5.41) is 13.5. The van der Waals surface area contributed by atoms with Crippen LogP contribution in [0.3, 0.4) is 0 Å². The van der Waals surface area contributed by atoms with Gasteiger partial charge in [0.2, 0.25) is 0 Å². The summed E-state index contributed by atoms with van der Waals surface area (Å²) in [4.78, 5) is 0. The molecule has 0 atom stereocenters. The zero-order valence-electron chi connectivity index (χ0n) is 10.1. The molecule has 0 radical (unpaired) electrons. The minimum Gasteiger partial charge on any atom is -0.411 e. The van der Waals surface area contributed by atoms with Crippen molar-refractivity contribution in [1.82, 2.24) is 0 Å². The summed E-state index contributed by atoms with van der Waals surface area (Å²) in [6.07, 6.45) is 0. The lowest BCUT2D eigenvalue weighted by Crippen LogP contribution is -2.11. The number of sulfonamides is 1. The number of benzene rings is 1. The minimum atomic E-state index is -3.55. The predicted molar refractivity (Wildman–Crippen MR) is 75.6 cm³/mol. The molecule has 0 aliphatic heterocycles. The maximum absolute atomic E-state index is 12.0. The van der Waals surface area contributed by atoms with Gasteiger partial charge in [-0.3, -0.25) is 4.72 Å². The lowest BCUT2D eigenvalue weighted by atomic mass is 10.1. The zero-order valence-corrected chi connectivity index (χ0v) is 11.7. The molecular formula is C12H12N2O3S2. The van der Waals surface area contributed by atoms with Crippen LogP contribution >= 0.6 is 11.3 Å². The first-order valence-corrected chi connectivity index (χ1v) is 7.74. The van der Waals surface area contributed by atoms with E-state index in [1.54, 1.807) is 42.6 Å². The Hall–Kier alpha value is -1.86. The van der Waals surface area contributed by atoms with Gasteiger partial charge in [-0.25, -0.2) is 8.42 Å². The summed E-state index contributed by atoms with van der Waals surface area (Å²) < 4.78 is 26.8. The Morgan fingerprint density at radius 1 is 1.32 bits per heavy atom. The molecule has 100 valence electrons. The Labute approximate surface area is 115 Å². The van der Waals surface area contributed by atoms with E-state index < -0.39 is 10.0 Å². The van der Waals surface area contributed by atoms with Gasteiger partial charge in [-0.2, -0.15) is 0 Å². The van der Waals surface area contributed by atoms with Crippen LogP contribution in [-0.4, -0.2) is 19.3 Å². The van der Waals surface area contributed by atoms with Crippen molar-refractivity contribution in [1.29, 1.82) is 0 Å². The second-order valence-electron chi connectivity index (χ2n) is 3.80. The van der Waals surface area contributed by atoms with Crippen LogP contribution in [0.25, 0.3) is 0 Å². The van der Waals surface area contributed by atoms with Gasteiger partial charge in [0.25, 0.3) is 10.0 Å². The first-order valence-electron chi connectivity index (χ1n) is 5.38. The smallest absolute Gasteiger partial charge is 0.271 e. The molecule has 2 aromatic rings. The quantitative estimate of drug-likeness (QED) is 0.517. The molecule has 0 spiro atoms. The Morgan fingerprint density at radius 3 is 2.74 bits per heavy atom. The highest BCUT2D eigenvalue weighted by Gasteiger charge is 2.15. The first-order chi connectivity index (χ1) is 9.03. The van der Waals surface area contributed by atoms with E-state index in [1.807, 2.05) is 0 Å². The summed E-state index contributed by atoms with van der Waals surface area (Å²) in [6, 6.07) is 9.89. The lowest BCUT2D eigenvalue weighted by molar-refractivity contribution is 0.319. The van der Waals surface area contributed by atoms with Crippen molar-refractivity contribution >= 4 is 32.8 Å². The molecule has 0 saturated carbocycles. The van der Waals surface area contributed by atoms with Gasteiger partial charge in [0.05, 0.1) is 5.71 Å². The van der Waals surface area contributed by atoms with E-state index in [4.69, 9.17) is 5.21 Å². The van der Waals surface area contributed by atoms with Crippen LogP contribution in [0, 0.1) is 0 Å². The molecule has 0 aliphatic rings. The van der Waals surface area contributed by atoms with Crippen LogP contribution in [0.5, 0.6) is 0 Å². The highest BCUT2D eigenvalue weighted by molar-refractivity contribution is 7.94. The third-order valence-electron chi connectivity index (χ3n) is 2.44. The molecule has 1 aromatic heterocycles. The van der Waals surface area contributed by atoms with Gasteiger partial charge in [0.15, 0.2) is 0 Å². The van der Waals surface area contributed by atoms with Crippen molar-refractivity contribution in [3.05, 3.63) is 47.3 Å². The van der Waals surface area contributed by atoms with Crippen LogP contribution in [0.1, 0.15) is 12.5 Å². The van der Waals surface area contributed by atoms with Crippen molar-refractivity contribution in [3.63, 3.8) is 0 Å². The van der Waals surface area contributed by atoms with Crippen molar-refractivity contribution < 1.29 is 13.6 Å². The molecule has 0 bridgehead atoms. The minimum absolute atomic E-state index is 0.255. The van der Waals surface area contributed by atoms with Gasteiger partial charge in [0.1, 0.15) is 4.21 Å². The van der Waals surface area contributed by atoms with E-state index in [2.05, 4.69) is 9.88 Å². The maximum Gasteiger partial charge on any atom is 0.271 e. The third kappa shape index (κ3) is 3.12. The topological polar surface area (TPSA) is 78.8 Å². The molecule has 0 aliphatic carbocycles. The fraction of sp³-hybridized carbons (Fsp3) is 0.0833. The molecule has 0 fully saturated rings. The number of nitrogens with zero attached hydrogens (tertiary/aromatic N) is 1. The molecule has 2 rings (SSSR count). The fourth-order valence-electron chi connectivity index (χ4n) is 1.49. The molecule has 0 unspecified atom stereocenters. The molecule has 19 heavy (non-hydrogen) atoms. The number of rotatable bonds is 4. The van der Waals surface area contributed by atoms with Crippen molar-refractivity contribution in [2.45, 2.75) is 11.1 Å². The van der Waals surface area contributed by atoms with Crippen LogP contribution in [-0.2, 0) is 10.0 Å². The molecule has 2 N–H and O–H groups in total. The van der Waals surface area contributed by atoms with Gasteiger partial charge in [-0.1, -0.05) is 23.4 Å². The van der Waals surface area contributed by atoms with Crippen molar-refractivity contribution in [3.8, 4) is 0 Å². The Balaban J connectivity index is 2.30. The fourth-order valence-corrected chi connectivity index (χ4v) is 3.53. The molecule has 0 saturated heterocycles. The summed E-state index contributed by atoms with van der Waals surface area (Å²) in [5.41, 5.74) is 1.49. The second-order valence-corrected chi connectivity index (χ2v) is 6.66. The predicted octanol–water partition coefficient (Wildman–Crippen LogP) is 2.75. The van der Waals surface area contributed by atoms with Gasteiger partial charge in [-0.15, -0.1) is 11.3 Å². The molecule has 1 heterocycles. The van der Waals surface area contributed by atoms with E-state index in [1.165, 1.54) is 6.07 Å². The molecule has 1 aromatic carbocycles. The van der Waals surface area contributed by atoms with E-state index in [0.717, 1.165) is 11.3 Å². The van der Waals surface area contributed by atoms with Crippen LogP contribution < -0.4 is 4.72 Å². The Bertz CT molecular complexity index is 692. The SMILES string of the molecule is C/C(=N\O)c1cccc(NS(=O)(=O)c2cccs2)c1. The Kier molecular flexibility index (Phi) is 3.87. The number of nitrogens with one attached hydrogen (secondary N) is 1. The highest BCUT2D eigenvalue weighted by atomic mass is 32.2.